The Kier molecular flexibility index (Phi) is 5.60. The monoisotopic (exact) mass is 426 g/mol. The normalized spacial score (nSPS) is 13.6. The van der Waals surface area contributed by atoms with E-state index in [0.717, 1.165) is 28.9 Å². The van der Waals surface area contributed by atoms with Crippen molar-refractivity contribution in [3.63, 3.8) is 0 Å². The first-order valence-corrected chi connectivity index (χ1v) is 10.0. The number of amides is 2. The zero-order valence-electron chi connectivity index (χ0n) is 15.9. The zero-order chi connectivity index (χ0) is 20.4. The first kappa shape index (κ1) is 19.6. The fourth-order valence-electron chi connectivity index (χ4n) is 3.43. The number of benzene rings is 2. The third-order valence-corrected chi connectivity index (χ3v) is 5.77. The molecule has 0 bridgehead atoms. The Bertz CT molecular complexity index is 1040. The van der Waals surface area contributed by atoms with Crippen molar-refractivity contribution in [1.29, 1.82) is 0 Å². The summed E-state index contributed by atoms with van der Waals surface area (Å²) >= 11 is 12.0. The van der Waals surface area contributed by atoms with E-state index in [1.165, 1.54) is 0 Å². The number of hydrogen-bond donors (Lipinski definition) is 1. The van der Waals surface area contributed by atoms with E-state index >= 15 is 0 Å². The second kappa shape index (κ2) is 8.31. The number of rotatable bonds is 2. The van der Waals surface area contributed by atoms with E-state index in [0.29, 0.717) is 28.8 Å². The Morgan fingerprint density at radius 2 is 1.76 bits per heavy atom. The highest BCUT2D eigenvalue weighted by molar-refractivity contribution is 6.42. The number of anilines is 2. The lowest BCUT2D eigenvalue weighted by Gasteiger charge is -2.21. The number of pyridine rings is 1. The van der Waals surface area contributed by atoms with Crippen molar-refractivity contribution in [2.24, 2.45) is 0 Å². The van der Waals surface area contributed by atoms with Gasteiger partial charge in [0.1, 0.15) is 0 Å². The maximum atomic E-state index is 12.9. The summed E-state index contributed by atoms with van der Waals surface area (Å²) in [6, 6.07) is 15.2. The number of halogens is 2. The molecule has 0 aliphatic carbocycles. The highest BCUT2D eigenvalue weighted by atomic mass is 35.5. The van der Waals surface area contributed by atoms with Crippen LogP contribution in [0.15, 0.2) is 60.9 Å². The number of nitrogens with zero attached hydrogens (tertiary/aromatic N) is 3. The van der Waals surface area contributed by atoms with Gasteiger partial charge in [0.2, 0.25) is 0 Å². The highest BCUT2D eigenvalue weighted by Gasteiger charge is 2.22. The van der Waals surface area contributed by atoms with Gasteiger partial charge < -0.3 is 15.1 Å². The second-order valence-electron chi connectivity index (χ2n) is 6.98. The van der Waals surface area contributed by atoms with E-state index in [1.807, 2.05) is 19.2 Å². The van der Waals surface area contributed by atoms with Gasteiger partial charge in [0.05, 0.1) is 10.0 Å². The molecule has 0 fully saturated rings. The average Bonchev–Trinajstić information content (AvgIpc) is 2.90. The molecule has 1 aromatic heterocycles. The van der Waals surface area contributed by atoms with Crippen LogP contribution in [0.4, 0.5) is 16.2 Å². The van der Waals surface area contributed by atoms with Crippen molar-refractivity contribution in [1.82, 2.24) is 9.88 Å². The van der Waals surface area contributed by atoms with E-state index in [1.54, 1.807) is 35.5 Å². The fourth-order valence-corrected chi connectivity index (χ4v) is 3.73. The van der Waals surface area contributed by atoms with E-state index in [4.69, 9.17) is 23.2 Å². The highest BCUT2D eigenvalue weighted by Crippen LogP contribution is 2.30. The zero-order valence-corrected chi connectivity index (χ0v) is 17.4. The average molecular weight is 427 g/mol. The van der Waals surface area contributed by atoms with Gasteiger partial charge in [-0.25, -0.2) is 4.79 Å². The minimum atomic E-state index is -0.168. The van der Waals surface area contributed by atoms with Gasteiger partial charge in [-0.05, 0) is 59.2 Å². The smallest absolute Gasteiger partial charge is 0.322 e. The van der Waals surface area contributed by atoms with Crippen molar-refractivity contribution in [3.05, 3.63) is 76.5 Å². The second-order valence-corrected chi connectivity index (χ2v) is 7.80. The molecule has 2 amide bonds. The molecule has 0 saturated carbocycles. The number of carbonyl (C=O) groups excluding carboxylic acids is 1. The predicted molar refractivity (Wildman–Crippen MR) is 119 cm³/mol. The molecular formula is C22H20Cl2N4O. The maximum Gasteiger partial charge on any atom is 0.322 e. The molecular weight excluding hydrogens is 407 g/mol. The molecule has 7 heteroatoms. The van der Waals surface area contributed by atoms with Crippen LogP contribution < -0.4 is 10.2 Å². The number of fused-ring (bicyclic) bond motifs is 1. The Morgan fingerprint density at radius 3 is 2.52 bits per heavy atom. The molecule has 3 aromatic rings. The van der Waals surface area contributed by atoms with Crippen molar-refractivity contribution < 1.29 is 4.79 Å². The Morgan fingerprint density at radius 1 is 0.966 bits per heavy atom. The molecule has 5 nitrogen and oxygen atoms in total. The van der Waals surface area contributed by atoms with E-state index in [-0.39, 0.29) is 6.03 Å². The molecule has 2 heterocycles. The van der Waals surface area contributed by atoms with Gasteiger partial charge in [-0.1, -0.05) is 29.3 Å². The summed E-state index contributed by atoms with van der Waals surface area (Å²) in [6.45, 7) is 1.88. The Hall–Kier alpha value is -2.76. The van der Waals surface area contributed by atoms with Crippen molar-refractivity contribution >= 4 is 40.6 Å². The third-order valence-electron chi connectivity index (χ3n) is 5.03. The topological polar surface area (TPSA) is 48.5 Å². The molecule has 148 valence electrons. The Labute approximate surface area is 179 Å². The number of nitrogens with one attached hydrogen (secondary N) is 1. The molecule has 29 heavy (non-hydrogen) atoms. The van der Waals surface area contributed by atoms with Crippen LogP contribution in [0.2, 0.25) is 10.0 Å². The lowest BCUT2D eigenvalue weighted by molar-refractivity contribution is 0.212. The quantitative estimate of drug-likeness (QED) is 0.584. The molecule has 1 aliphatic heterocycles. The third kappa shape index (κ3) is 4.31. The van der Waals surface area contributed by atoms with E-state index in [9.17, 15) is 4.79 Å². The van der Waals surface area contributed by atoms with Crippen LogP contribution in [0, 0.1) is 0 Å². The molecule has 0 spiro atoms. The van der Waals surface area contributed by atoms with Gasteiger partial charge >= 0.3 is 6.03 Å². The molecule has 0 saturated heterocycles. The van der Waals surface area contributed by atoms with Gasteiger partial charge in [0.25, 0.3) is 0 Å². The van der Waals surface area contributed by atoms with Gasteiger partial charge in [0, 0.05) is 50.5 Å². The summed E-state index contributed by atoms with van der Waals surface area (Å²) in [6.07, 6.45) is 3.56. The van der Waals surface area contributed by atoms with E-state index < -0.39 is 0 Å². The molecule has 4 rings (SSSR count). The van der Waals surface area contributed by atoms with Crippen molar-refractivity contribution in [2.45, 2.75) is 6.54 Å². The SMILES string of the molecule is CN1CCN(C(=O)Nc2ccc(Cl)c(Cl)c2)Cc2cc(-c3ccncc3)ccc21. The molecule has 0 radical (unpaired) electrons. The van der Waals surface area contributed by atoms with Crippen molar-refractivity contribution in [2.75, 3.05) is 30.4 Å². The molecule has 1 aliphatic rings. The first-order valence-electron chi connectivity index (χ1n) is 9.27. The largest absolute Gasteiger partial charge is 0.373 e. The Balaban J connectivity index is 1.58. The number of likely N-dealkylation sites (N-methyl/N-ethyl adjacent to an activating group) is 1. The predicted octanol–water partition coefficient (Wildman–Crippen LogP) is 5.54. The standard InChI is InChI=1S/C22H20Cl2N4O/c1-27-10-11-28(22(29)26-18-3-4-19(23)20(24)13-18)14-17-12-16(2-5-21(17)27)15-6-8-25-9-7-15/h2-9,12-13H,10-11,14H2,1H3,(H,26,29). The number of urea groups is 1. The summed E-state index contributed by atoms with van der Waals surface area (Å²) in [5.41, 5.74) is 5.05. The van der Waals surface area contributed by atoms with Crippen LogP contribution in [0.1, 0.15) is 5.56 Å². The minimum Gasteiger partial charge on any atom is -0.373 e. The molecule has 2 aromatic carbocycles. The van der Waals surface area contributed by atoms with E-state index in [2.05, 4.69) is 33.4 Å². The van der Waals surface area contributed by atoms with Gasteiger partial charge in [-0.2, -0.15) is 0 Å². The summed E-state index contributed by atoms with van der Waals surface area (Å²) in [7, 11) is 2.05. The number of hydrogen-bond acceptors (Lipinski definition) is 3. The van der Waals surface area contributed by atoms with Crippen molar-refractivity contribution in [3.8, 4) is 11.1 Å². The van der Waals surface area contributed by atoms with Gasteiger partial charge in [-0.15, -0.1) is 0 Å². The van der Waals surface area contributed by atoms with Crippen LogP contribution in [-0.4, -0.2) is 36.1 Å². The maximum absolute atomic E-state index is 12.9. The van der Waals surface area contributed by atoms with Crippen LogP contribution in [0.5, 0.6) is 0 Å². The molecule has 0 atom stereocenters. The summed E-state index contributed by atoms with van der Waals surface area (Å²) < 4.78 is 0. The van der Waals surface area contributed by atoms with Crippen LogP contribution >= 0.6 is 23.2 Å². The summed E-state index contributed by atoms with van der Waals surface area (Å²) in [5.74, 6) is 0. The first-order chi connectivity index (χ1) is 14.0. The molecule has 1 N–H and O–H groups in total. The fraction of sp³-hybridized carbons (Fsp3) is 0.182. The minimum absolute atomic E-state index is 0.168. The van der Waals surface area contributed by atoms with Gasteiger partial charge in [0.15, 0.2) is 0 Å². The summed E-state index contributed by atoms with van der Waals surface area (Å²) in [5, 5.41) is 3.78. The number of carbonyl (C=O) groups is 1. The van der Waals surface area contributed by atoms with Crippen LogP contribution in [0.25, 0.3) is 11.1 Å². The molecule has 0 unspecified atom stereocenters. The van der Waals surface area contributed by atoms with Crippen LogP contribution in [0.3, 0.4) is 0 Å². The lowest BCUT2D eigenvalue weighted by Crippen LogP contribution is -2.37. The van der Waals surface area contributed by atoms with Gasteiger partial charge in [-0.3, -0.25) is 4.98 Å². The van der Waals surface area contributed by atoms with Crippen LogP contribution in [-0.2, 0) is 6.54 Å². The lowest BCUT2D eigenvalue weighted by atomic mass is 10.0. The number of aromatic nitrogens is 1. The summed E-state index contributed by atoms with van der Waals surface area (Å²) in [4.78, 5) is 21.0.